The van der Waals surface area contributed by atoms with Crippen molar-refractivity contribution in [3.8, 4) is 17.2 Å². The van der Waals surface area contributed by atoms with Gasteiger partial charge in [0.2, 0.25) is 0 Å². The van der Waals surface area contributed by atoms with Gasteiger partial charge >= 0.3 is 0 Å². The number of carbonyl (C=O) groups excluding carboxylic acids is 2. The Morgan fingerprint density at radius 2 is 1.62 bits per heavy atom. The molecule has 6 nitrogen and oxygen atoms in total. The van der Waals surface area contributed by atoms with Crippen LogP contribution in [0.4, 0.5) is 0 Å². The average Bonchev–Trinajstić information content (AvgIpc) is 2.72. The third-order valence-corrected chi connectivity index (χ3v) is 8.81. The first-order valence-electron chi connectivity index (χ1n) is 12.4. The van der Waals surface area contributed by atoms with Crippen molar-refractivity contribution in [2.75, 3.05) is 0 Å². The standard InChI is InChI=1S/C28H40O6/c1-15(2)11-18(23-25(32)19(13-29)24(31)20(14-30)26(23)33)21-8-7-16(3)22-12-17(27(4,5)34)9-10-28(21,22)6/h13-15,17-18,21-22,31-34H,3,7-12H2,1-2,4-6H3/t17-,18+,21+,22+,28+/m0/s1. The van der Waals surface area contributed by atoms with Crippen LogP contribution in [-0.4, -0.2) is 38.6 Å². The van der Waals surface area contributed by atoms with E-state index in [1.54, 1.807) is 0 Å². The molecular weight excluding hydrogens is 432 g/mol. The maximum Gasteiger partial charge on any atom is 0.157 e. The number of rotatable bonds is 7. The number of hydrogen-bond donors (Lipinski definition) is 4. The lowest BCUT2D eigenvalue weighted by Crippen LogP contribution is -2.49. The first kappa shape index (κ1) is 26.3. The molecule has 0 aromatic heterocycles. The second kappa shape index (κ2) is 9.37. The SMILES string of the molecule is C=C1CC[C@H]([C@@H](CC(C)C)c2c(O)c(C=O)c(O)c(C=O)c2O)[C@@]2(C)CC[C@H](C(C)(C)O)C[C@H]12. The predicted molar refractivity (Wildman–Crippen MR) is 132 cm³/mol. The minimum Gasteiger partial charge on any atom is -0.507 e. The van der Waals surface area contributed by atoms with Crippen molar-refractivity contribution in [2.24, 2.45) is 29.1 Å². The van der Waals surface area contributed by atoms with Crippen molar-refractivity contribution >= 4 is 12.6 Å². The molecular formula is C28H40O6. The van der Waals surface area contributed by atoms with E-state index < -0.39 is 22.8 Å². The summed E-state index contributed by atoms with van der Waals surface area (Å²) in [6.45, 7) is 14.5. The summed E-state index contributed by atoms with van der Waals surface area (Å²) in [4.78, 5) is 23.4. The topological polar surface area (TPSA) is 115 Å². The highest BCUT2D eigenvalue weighted by Crippen LogP contribution is 2.63. The highest BCUT2D eigenvalue weighted by atomic mass is 16.3. The summed E-state index contributed by atoms with van der Waals surface area (Å²) in [7, 11) is 0. The molecule has 3 rings (SSSR count). The molecule has 0 saturated heterocycles. The van der Waals surface area contributed by atoms with Crippen molar-refractivity contribution in [3.63, 3.8) is 0 Å². The minimum atomic E-state index is -0.781. The monoisotopic (exact) mass is 472 g/mol. The molecule has 0 amide bonds. The molecule has 4 N–H and O–H groups in total. The molecule has 0 spiro atoms. The Hall–Kier alpha value is -2.34. The molecule has 1 aromatic carbocycles. The van der Waals surface area contributed by atoms with Crippen molar-refractivity contribution in [1.82, 2.24) is 0 Å². The van der Waals surface area contributed by atoms with Crippen molar-refractivity contribution in [2.45, 2.75) is 84.7 Å². The lowest BCUT2D eigenvalue weighted by molar-refractivity contribution is -0.0652. The first-order valence-corrected chi connectivity index (χ1v) is 12.4. The van der Waals surface area contributed by atoms with Gasteiger partial charge in [-0.2, -0.15) is 0 Å². The van der Waals surface area contributed by atoms with E-state index in [0.717, 1.165) is 32.1 Å². The van der Waals surface area contributed by atoms with Gasteiger partial charge in [-0.05, 0) is 87.4 Å². The number of benzene rings is 1. The van der Waals surface area contributed by atoms with Crippen molar-refractivity contribution < 1.29 is 30.0 Å². The number of aliphatic hydroxyl groups is 1. The van der Waals surface area contributed by atoms with Gasteiger partial charge in [-0.1, -0.05) is 32.9 Å². The molecule has 0 bridgehead atoms. The van der Waals surface area contributed by atoms with Gasteiger partial charge in [0.05, 0.1) is 16.7 Å². The van der Waals surface area contributed by atoms with Gasteiger partial charge < -0.3 is 20.4 Å². The Balaban J connectivity index is 2.17. The summed E-state index contributed by atoms with van der Waals surface area (Å²) in [5.41, 5.74) is -0.338. The van der Waals surface area contributed by atoms with Crippen LogP contribution in [0.15, 0.2) is 12.2 Å². The molecule has 2 aliphatic carbocycles. The molecule has 0 unspecified atom stereocenters. The van der Waals surface area contributed by atoms with Crippen LogP contribution in [0, 0.1) is 29.1 Å². The zero-order valence-electron chi connectivity index (χ0n) is 21.1. The zero-order valence-corrected chi connectivity index (χ0v) is 21.1. The van der Waals surface area contributed by atoms with Gasteiger partial charge in [0.15, 0.2) is 12.6 Å². The van der Waals surface area contributed by atoms with Crippen LogP contribution in [-0.2, 0) is 0 Å². The predicted octanol–water partition coefficient (Wildman–Crippen LogP) is 5.72. The van der Waals surface area contributed by atoms with E-state index in [2.05, 4.69) is 27.4 Å². The number of aromatic hydroxyl groups is 3. The highest BCUT2D eigenvalue weighted by molar-refractivity contribution is 5.95. The van der Waals surface area contributed by atoms with Gasteiger partial charge in [-0.15, -0.1) is 0 Å². The fourth-order valence-corrected chi connectivity index (χ4v) is 6.89. The van der Waals surface area contributed by atoms with E-state index in [1.807, 2.05) is 13.8 Å². The number of aldehydes is 2. The summed E-state index contributed by atoms with van der Waals surface area (Å²) in [6.07, 6.45) is 5.46. The lowest BCUT2D eigenvalue weighted by Gasteiger charge is -2.57. The molecule has 34 heavy (non-hydrogen) atoms. The second-order valence-electron chi connectivity index (χ2n) is 11.7. The van der Waals surface area contributed by atoms with Gasteiger partial charge in [0.25, 0.3) is 0 Å². The zero-order chi connectivity index (χ0) is 25.6. The molecule has 1 aromatic rings. The van der Waals surface area contributed by atoms with Crippen LogP contribution in [0.1, 0.15) is 105 Å². The molecule has 0 radical (unpaired) electrons. The van der Waals surface area contributed by atoms with Gasteiger partial charge in [0.1, 0.15) is 17.2 Å². The Bertz CT molecular complexity index is 937. The second-order valence-corrected chi connectivity index (χ2v) is 11.7. The first-order chi connectivity index (χ1) is 15.8. The molecule has 6 heteroatoms. The summed E-state index contributed by atoms with van der Waals surface area (Å²) in [5, 5.41) is 43.1. The number of fused-ring (bicyclic) bond motifs is 1. The number of hydrogen-bond acceptors (Lipinski definition) is 6. The van der Waals surface area contributed by atoms with Crippen LogP contribution in [0.3, 0.4) is 0 Å². The molecule has 2 saturated carbocycles. The summed E-state index contributed by atoms with van der Waals surface area (Å²) >= 11 is 0. The fourth-order valence-electron chi connectivity index (χ4n) is 6.89. The Labute approximate surface area is 202 Å². The van der Waals surface area contributed by atoms with Crippen molar-refractivity contribution in [3.05, 3.63) is 28.8 Å². The van der Waals surface area contributed by atoms with Crippen LogP contribution in [0.25, 0.3) is 0 Å². The van der Waals surface area contributed by atoms with Crippen LogP contribution in [0.2, 0.25) is 0 Å². The van der Waals surface area contributed by atoms with Crippen LogP contribution in [0.5, 0.6) is 17.2 Å². The van der Waals surface area contributed by atoms with E-state index in [1.165, 1.54) is 5.57 Å². The maximum absolute atomic E-state index is 11.7. The highest BCUT2D eigenvalue weighted by Gasteiger charge is 2.53. The molecule has 2 fully saturated rings. The third kappa shape index (κ3) is 4.37. The minimum absolute atomic E-state index is 0.0495. The number of allylic oxidation sites excluding steroid dienone is 1. The lowest BCUT2D eigenvalue weighted by atomic mass is 9.48. The van der Waals surface area contributed by atoms with Crippen LogP contribution >= 0.6 is 0 Å². The smallest absolute Gasteiger partial charge is 0.157 e. The summed E-state index contributed by atoms with van der Waals surface area (Å²) in [6, 6.07) is 0. The number of phenolic OH excluding ortho intramolecular Hbond substituents is 3. The van der Waals surface area contributed by atoms with E-state index in [9.17, 15) is 30.0 Å². The molecule has 5 atom stereocenters. The third-order valence-electron chi connectivity index (χ3n) is 8.81. The van der Waals surface area contributed by atoms with Gasteiger partial charge in [0, 0.05) is 5.56 Å². The van der Waals surface area contributed by atoms with E-state index in [0.29, 0.717) is 19.0 Å². The van der Waals surface area contributed by atoms with Crippen molar-refractivity contribution in [1.29, 1.82) is 0 Å². The molecule has 0 aliphatic heterocycles. The normalized spacial score (nSPS) is 28.4. The maximum atomic E-state index is 11.7. The van der Waals surface area contributed by atoms with Gasteiger partial charge in [-0.25, -0.2) is 0 Å². The number of phenols is 3. The Morgan fingerprint density at radius 1 is 1.06 bits per heavy atom. The molecule has 188 valence electrons. The largest absolute Gasteiger partial charge is 0.507 e. The Morgan fingerprint density at radius 3 is 2.09 bits per heavy atom. The Kier molecular flexibility index (Phi) is 7.24. The van der Waals surface area contributed by atoms with E-state index in [-0.39, 0.29) is 51.7 Å². The van der Waals surface area contributed by atoms with Gasteiger partial charge in [-0.3, -0.25) is 9.59 Å². The average molecular weight is 473 g/mol. The van der Waals surface area contributed by atoms with Crippen LogP contribution < -0.4 is 0 Å². The quantitative estimate of drug-likeness (QED) is 0.298. The summed E-state index contributed by atoms with van der Waals surface area (Å²) in [5.74, 6) is -1.31. The van der Waals surface area contributed by atoms with E-state index in [4.69, 9.17) is 0 Å². The summed E-state index contributed by atoms with van der Waals surface area (Å²) < 4.78 is 0. The number of carbonyl (C=O) groups is 2. The van der Waals surface area contributed by atoms with E-state index >= 15 is 0 Å². The molecule has 2 aliphatic rings. The molecule has 0 heterocycles. The fraction of sp³-hybridized carbons (Fsp3) is 0.643.